The monoisotopic (exact) mass is 469 g/mol. The maximum absolute atomic E-state index is 13.3. The second kappa shape index (κ2) is 9.42. The first-order valence-electron chi connectivity index (χ1n) is 9.50. The number of halogens is 2. The van der Waals surface area contributed by atoms with Crippen LogP contribution in [0.4, 0.5) is 10.1 Å². The fraction of sp³-hybridized carbons (Fsp3) is 0.0870. The maximum Gasteiger partial charge on any atom is 0.266 e. The summed E-state index contributed by atoms with van der Waals surface area (Å²) in [6.07, 6.45) is 0. The van der Waals surface area contributed by atoms with Gasteiger partial charge in [0.25, 0.3) is 5.56 Å². The number of para-hydroxylation sites is 1. The van der Waals surface area contributed by atoms with Crippen molar-refractivity contribution in [1.82, 2.24) is 9.55 Å². The van der Waals surface area contributed by atoms with E-state index >= 15 is 0 Å². The van der Waals surface area contributed by atoms with Gasteiger partial charge in [-0.05, 0) is 42.5 Å². The normalized spacial score (nSPS) is 10.8. The van der Waals surface area contributed by atoms with Crippen LogP contribution in [0.2, 0.25) is 5.02 Å². The molecule has 3 aromatic carbocycles. The van der Waals surface area contributed by atoms with Gasteiger partial charge in [0, 0.05) is 11.8 Å². The zero-order chi connectivity index (χ0) is 22.7. The van der Waals surface area contributed by atoms with Gasteiger partial charge in [-0.3, -0.25) is 14.2 Å². The molecule has 1 N–H and O–H groups in total. The van der Waals surface area contributed by atoms with Crippen LogP contribution in [0, 0.1) is 5.82 Å². The molecular formula is C23H17ClFN3O3S. The summed E-state index contributed by atoms with van der Waals surface area (Å²) < 4.78 is 20.1. The number of amides is 1. The van der Waals surface area contributed by atoms with E-state index in [9.17, 15) is 14.0 Å². The number of aromatic nitrogens is 2. The number of nitrogens with one attached hydrogen (secondary N) is 1. The van der Waals surface area contributed by atoms with Gasteiger partial charge in [-0.15, -0.1) is 0 Å². The first-order valence-corrected chi connectivity index (χ1v) is 10.9. The highest BCUT2D eigenvalue weighted by Crippen LogP contribution is 2.24. The minimum absolute atomic E-state index is 0.0241. The number of ether oxygens (including phenoxy) is 1. The molecule has 0 unspecified atom stereocenters. The van der Waals surface area contributed by atoms with E-state index in [2.05, 4.69) is 10.3 Å². The minimum Gasteiger partial charge on any atom is -0.497 e. The molecule has 1 heterocycles. The third kappa shape index (κ3) is 4.61. The molecule has 6 nitrogen and oxygen atoms in total. The van der Waals surface area contributed by atoms with Gasteiger partial charge in [-0.25, -0.2) is 9.37 Å². The Morgan fingerprint density at radius 2 is 1.97 bits per heavy atom. The summed E-state index contributed by atoms with van der Waals surface area (Å²) in [5.74, 6) is -0.354. The van der Waals surface area contributed by atoms with Gasteiger partial charge in [0.2, 0.25) is 5.91 Å². The highest BCUT2D eigenvalue weighted by molar-refractivity contribution is 7.99. The van der Waals surface area contributed by atoms with Crippen LogP contribution < -0.4 is 15.6 Å². The number of carbonyl (C=O) groups excluding carboxylic acids is 1. The van der Waals surface area contributed by atoms with Gasteiger partial charge in [-0.2, -0.15) is 0 Å². The minimum atomic E-state index is -0.568. The zero-order valence-electron chi connectivity index (χ0n) is 16.8. The van der Waals surface area contributed by atoms with E-state index < -0.39 is 5.82 Å². The molecule has 1 aromatic heterocycles. The molecule has 0 saturated heterocycles. The molecule has 9 heteroatoms. The van der Waals surface area contributed by atoms with Crippen molar-refractivity contribution in [2.24, 2.45) is 0 Å². The number of carbonyl (C=O) groups is 1. The molecule has 0 aliphatic rings. The van der Waals surface area contributed by atoms with Gasteiger partial charge in [0.15, 0.2) is 5.16 Å². The second-order valence-electron chi connectivity index (χ2n) is 6.72. The number of hydrogen-bond donors (Lipinski definition) is 1. The Kier molecular flexibility index (Phi) is 6.43. The third-order valence-corrected chi connectivity index (χ3v) is 5.82. The molecule has 0 fully saturated rings. The molecule has 162 valence electrons. The van der Waals surface area contributed by atoms with Crippen molar-refractivity contribution >= 4 is 45.9 Å². The Morgan fingerprint density at radius 1 is 1.16 bits per heavy atom. The van der Waals surface area contributed by atoms with Gasteiger partial charge < -0.3 is 10.1 Å². The molecule has 32 heavy (non-hydrogen) atoms. The molecule has 0 spiro atoms. The van der Waals surface area contributed by atoms with Crippen molar-refractivity contribution in [2.45, 2.75) is 5.16 Å². The van der Waals surface area contributed by atoms with Gasteiger partial charge in [-0.1, -0.05) is 41.6 Å². The molecule has 0 saturated carbocycles. The number of benzene rings is 3. The van der Waals surface area contributed by atoms with Crippen LogP contribution in [0.25, 0.3) is 16.6 Å². The summed E-state index contributed by atoms with van der Waals surface area (Å²) in [6.45, 7) is 0. The lowest BCUT2D eigenvalue weighted by Crippen LogP contribution is -2.23. The van der Waals surface area contributed by atoms with E-state index in [0.29, 0.717) is 33.2 Å². The van der Waals surface area contributed by atoms with Crippen LogP contribution in [-0.2, 0) is 4.79 Å². The van der Waals surface area contributed by atoms with Gasteiger partial charge in [0.05, 0.1) is 34.5 Å². The Balaban J connectivity index is 1.67. The average Bonchev–Trinajstić information content (AvgIpc) is 2.80. The van der Waals surface area contributed by atoms with Crippen molar-refractivity contribution in [1.29, 1.82) is 0 Å². The number of fused-ring (bicyclic) bond motifs is 1. The molecule has 1 amide bonds. The fourth-order valence-corrected chi connectivity index (χ4v) is 4.08. The second-order valence-corrected chi connectivity index (χ2v) is 8.07. The third-order valence-electron chi connectivity index (χ3n) is 4.59. The van der Waals surface area contributed by atoms with Crippen molar-refractivity contribution in [3.63, 3.8) is 0 Å². The summed E-state index contributed by atoms with van der Waals surface area (Å²) in [5.41, 5.74) is 1.22. The van der Waals surface area contributed by atoms with Crippen LogP contribution in [0.1, 0.15) is 0 Å². The lowest BCUT2D eigenvalue weighted by Gasteiger charge is -2.14. The Morgan fingerprint density at radius 3 is 2.75 bits per heavy atom. The standard InChI is InChI=1S/C23H17ClFN3O3S/c1-31-16-6-4-5-15(12-16)28-22(30)17-7-2-3-8-20(17)27-23(28)32-13-21(29)26-14-9-10-19(25)18(24)11-14/h2-12H,13H2,1H3,(H,26,29). The number of thioether (sulfide) groups is 1. The summed E-state index contributed by atoms with van der Waals surface area (Å²) in [4.78, 5) is 30.4. The van der Waals surface area contributed by atoms with E-state index in [1.165, 1.54) is 22.8 Å². The first kappa shape index (κ1) is 21.9. The topological polar surface area (TPSA) is 73.2 Å². The number of rotatable bonds is 6. The van der Waals surface area contributed by atoms with Crippen LogP contribution in [0.15, 0.2) is 76.7 Å². The largest absolute Gasteiger partial charge is 0.497 e. The van der Waals surface area contributed by atoms with Gasteiger partial charge in [0.1, 0.15) is 11.6 Å². The highest BCUT2D eigenvalue weighted by Gasteiger charge is 2.15. The zero-order valence-corrected chi connectivity index (χ0v) is 18.4. The fourth-order valence-electron chi connectivity index (χ4n) is 3.09. The quantitative estimate of drug-likeness (QED) is 0.320. The smallest absolute Gasteiger partial charge is 0.266 e. The van der Waals surface area contributed by atoms with Crippen molar-refractivity contribution in [3.05, 3.63) is 87.9 Å². The molecule has 0 radical (unpaired) electrons. The molecule has 4 rings (SSSR count). The van der Waals surface area contributed by atoms with Gasteiger partial charge >= 0.3 is 0 Å². The highest BCUT2D eigenvalue weighted by atomic mass is 35.5. The van der Waals surface area contributed by atoms with E-state index in [4.69, 9.17) is 16.3 Å². The number of nitrogens with zero attached hydrogens (tertiary/aromatic N) is 2. The molecule has 0 aliphatic carbocycles. The number of methoxy groups -OCH3 is 1. The van der Waals surface area contributed by atoms with E-state index in [1.54, 1.807) is 55.6 Å². The predicted molar refractivity (Wildman–Crippen MR) is 125 cm³/mol. The van der Waals surface area contributed by atoms with Crippen molar-refractivity contribution in [3.8, 4) is 11.4 Å². The SMILES string of the molecule is COc1cccc(-n2c(SCC(=O)Nc3ccc(F)c(Cl)c3)nc3ccccc3c2=O)c1. The maximum atomic E-state index is 13.3. The summed E-state index contributed by atoms with van der Waals surface area (Å²) >= 11 is 6.88. The Bertz CT molecular complexity index is 1380. The van der Waals surface area contributed by atoms with Crippen LogP contribution in [-0.4, -0.2) is 28.3 Å². The van der Waals surface area contributed by atoms with Crippen molar-refractivity contribution < 1.29 is 13.9 Å². The summed E-state index contributed by atoms with van der Waals surface area (Å²) in [5, 5.41) is 3.40. The van der Waals surface area contributed by atoms with Crippen LogP contribution >= 0.6 is 23.4 Å². The average molecular weight is 470 g/mol. The van der Waals surface area contributed by atoms with E-state index in [-0.39, 0.29) is 22.2 Å². The van der Waals surface area contributed by atoms with E-state index in [0.717, 1.165) is 11.8 Å². The van der Waals surface area contributed by atoms with Crippen LogP contribution in [0.3, 0.4) is 0 Å². The summed E-state index contributed by atoms with van der Waals surface area (Å²) in [7, 11) is 1.54. The Labute approximate surface area is 192 Å². The van der Waals surface area contributed by atoms with Crippen molar-refractivity contribution in [2.75, 3.05) is 18.2 Å². The lowest BCUT2D eigenvalue weighted by molar-refractivity contribution is -0.113. The molecule has 0 aliphatic heterocycles. The van der Waals surface area contributed by atoms with E-state index in [1.807, 2.05) is 0 Å². The molecule has 0 bridgehead atoms. The molecular weight excluding hydrogens is 453 g/mol. The number of anilines is 1. The van der Waals surface area contributed by atoms with Crippen LogP contribution in [0.5, 0.6) is 5.75 Å². The summed E-state index contributed by atoms with van der Waals surface area (Å²) in [6, 6.07) is 18.0. The molecule has 4 aromatic rings. The first-order chi connectivity index (χ1) is 15.5. The Hall–Kier alpha value is -3.36. The predicted octanol–water partition coefficient (Wildman–Crippen LogP) is 4.92. The lowest BCUT2D eigenvalue weighted by atomic mass is 10.2. The molecule has 0 atom stereocenters. The number of hydrogen-bond acceptors (Lipinski definition) is 5.